The minimum atomic E-state index is 0.493. The number of pyridine rings is 1. The molecule has 2 heterocycles. The number of aryl methyl sites for hydroxylation is 3. The van der Waals surface area contributed by atoms with Crippen molar-refractivity contribution < 1.29 is 0 Å². The smallest absolute Gasteiger partial charge is 0.0596 e. The predicted molar refractivity (Wildman–Crippen MR) is 86.3 cm³/mol. The summed E-state index contributed by atoms with van der Waals surface area (Å²) in [4.78, 5) is 4.08. The van der Waals surface area contributed by atoms with Gasteiger partial charge in [-0.2, -0.15) is 5.10 Å². The number of nitrogens with zero attached hydrogens (tertiary/aromatic N) is 3. The molecule has 0 aliphatic carbocycles. The molecule has 4 nitrogen and oxygen atoms in total. The zero-order valence-corrected chi connectivity index (χ0v) is 13.3. The van der Waals surface area contributed by atoms with Crippen LogP contribution in [-0.4, -0.2) is 27.4 Å². The first kappa shape index (κ1) is 15.7. The van der Waals surface area contributed by atoms with Gasteiger partial charge in [-0.3, -0.25) is 9.67 Å². The van der Waals surface area contributed by atoms with E-state index in [4.69, 9.17) is 0 Å². The second-order valence-electron chi connectivity index (χ2n) is 5.65. The summed E-state index contributed by atoms with van der Waals surface area (Å²) in [5, 5.41) is 8.11. The van der Waals surface area contributed by atoms with Crippen molar-refractivity contribution in [3.05, 3.63) is 47.5 Å². The zero-order valence-electron chi connectivity index (χ0n) is 13.3. The van der Waals surface area contributed by atoms with Crippen LogP contribution in [0.4, 0.5) is 0 Å². The first-order valence-corrected chi connectivity index (χ1v) is 7.81. The van der Waals surface area contributed by atoms with Crippen LogP contribution in [0.25, 0.3) is 0 Å². The molecule has 0 aliphatic rings. The summed E-state index contributed by atoms with van der Waals surface area (Å²) in [5.41, 5.74) is 3.75. The molecule has 2 aromatic heterocycles. The molecule has 0 aromatic carbocycles. The normalized spacial score (nSPS) is 12.5. The maximum Gasteiger partial charge on any atom is 0.0596 e. The molecule has 2 aromatic rings. The summed E-state index contributed by atoms with van der Waals surface area (Å²) >= 11 is 0. The Morgan fingerprint density at radius 1 is 1.29 bits per heavy atom. The van der Waals surface area contributed by atoms with Gasteiger partial charge in [0.1, 0.15) is 0 Å². The van der Waals surface area contributed by atoms with Crippen molar-refractivity contribution in [1.29, 1.82) is 0 Å². The van der Waals surface area contributed by atoms with Gasteiger partial charge in [-0.1, -0.05) is 6.92 Å². The fraction of sp³-hybridized carbons (Fsp3) is 0.529. The Hall–Kier alpha value is -1.68. The Morgan fingerprint density at radius 3 is 2.67 bits per heavy atom. The quantitative estimate of drug-likeness (QED) is 0.811. The Kier molecular flexibility index (Phi) is 5.93. The minimum absolute atomic E-state index is 0.493. The van der Waals surface area contributed by atoms with Gasteiger partial charge in [0.25, 0.3) is 0 Å². The molecular formula is C17H26N4. The molecule has 21 heavy (non-hydrogen) atoms. The molecule has 0 fully saturated rings. The first-order valence-electron chi connectivity index (χ1n) is 7.81. The van der Waals surface area contributed by atoms with Gasteiger partial charge < -0.3 is 5.32 Å². The third-order valence-corrected chi connectivity index (χ3v) is 3.77. The zero-order chi connectivity index (χ0) is 15.1. The van der Waals surface area contributed by atoms with Crippen molar-refractivity contribution in [3.8, 4) is 0 Å². The van der Waals surface area contributed by atoms with E-state index in [0.717, 1.165) is 37.9 Å². The Bertz CT molecular complexity index is 533. The number of nitrogens with one attached hydrogen (secondary N) is 1. The number of aromatic nitrogens is 3. The highest BCUT2D eigenvalue weighted by Gasteiger charge is 2.12. The van der Waals surface area contributed by atoms with E-state index in [9.17, 15) is 0 Å². The molecule has 0 saturated heterocycles. The predicted octanol–water partition coefficient (Wildman–Crippen LogP) is 2.67. The van der Waals surface area contributed by atoms with Crippen LogP contribution < -0.4 is 5.32 Å². The second-order valence-corrected chi connectivity index (χ2v) is 5.65. The third kappa shape index (κ3) is 4.97. The van der Waals surface area contributed by atoms with Crippen LogP contribution >= 0.6 is 0 Å². The van der Waals surface area contributed by atoms with Crippen molar-refractivity contribution >= 4 is 0 Å². The second kappa shape index (κ2) is 7.93. The molecule has 0 saturated carbocycles. The Labute approximate surface area is 127 Å². The highest BCUT2D eigenvalue weighted by Crippen LogP contribution is 2.11. The lowest BCUT2D eigenvalue weighted by atomic mass is 10.0. The van der Waals surface area contributed by atoms with Crippen molar-refractivity contribution in [1.82, 2.24) is 20.1 Å². The molecule has 4 heteroatoms. The van der Waals surface area contributed by atoms with Crippen LogP contribution in [0.5, 0.6) is 0 Å². The minimum Gasteiger partial charge on any atom is -0.314 e. The lowest BCUT2D eigenvalue weighted by Gasteiger charge is -2.18. The van der Waals surface area contributed by atoms with Gasteiger partial charge >= 0.3 is 0 Å². The average Bonchev–Trinajstić information content (AvgIpc) is 2.80. The number of hydrogen-bond acceptors (Lipinski definition) is 3. The van der Waals surface area contributed by atoms with Crippen LogP contribution in [0, 0.1) is 6.92 Å². The first-order chi connectivity index (χ1) is 10.2. The van der Waals surface area contributed by atoms with Gasteiger partial charge in [0, 0.05) is 37.6 Å². The number of hydrogen-bond donors (Lipinski definition) is 1. The van der Waals surface area contributed by atoms with Crippen LogP contribution in [0.1, 0.15) is 36.7 Å². The van der Waals surface area contributed by atoms with Crippen LogP contribution in [0.2, 0.25) is 0 Å². The molecule has 1 unspecified atom stereocenters. The maximum absolute atomic E-state index is 4.44. The fourth-order valence-electron chi connectivity index (χ4n) is 2.62. The summed E-state index contributed by atoms with van der Waals surface area (Å²) in [6.45, 7) is 5.33. The van der Waals surface area contributed by atoms with E-state index >= 15 is 0 Å². The molecule has 2 rings (SSSR count). The van der Waals surface area contributed by atoms with Gasteiger partial charge in [0.05, 0.1) is 5.69 Å². The van der Waals surface area contributed by atoms with E-state index in [-0.39, 0.29) is 0 Å². The molecule has 0 bridgehead atoms. The molecular weight excluding hydrogens is 260 g/mol. The van der Waals surface area contributed by atoms with Gasteiger partial charge in [0.2, 0.25) is 0 Å². The molecule has 114 valence electrons. The van der Waals surface area contributed by atoms with E-state index in [1.165, 1.54) is 11.3 Å². The number of rotatable bonds is 8. The summed E-state index contributed by atoms with van der Waals surface area (Å²) < 4.78 is 2.00. The van der Waals surface area contributed by atoms with E-state index < -0.39 is 0 Å². The maximum atomic E-state index is 4.44. The van der Waals surface area contributed by atoms with E-state index in [1.54, 1.807) is 0 Å². The Balaban J connectivity index is 1.95. The summed E-state index contributed by atoms with van der Waals surface area (Å²) in [6, 6.07) is 6.89. The molecule has 1 N–H and O–H groups in total. The highest BCUT2D eigenvalue weighted by molar-refractivity contribution is 5.12. The van der Waals surface area contributed by atoms with Gasteiger partial charge in [-0.15, -0.1) is 0 Å². The average molecular weight is 286 g/mol. The SMILES string of the molecule is CCCNC(CCc1ccncc1)Cc1cc(C)nn1C. The van der Waals surface area contributed by atoms with Crippen molar-refractivity contribution in [2.45, 2.75) is 45.6 Å². The van der Waals surface area contributed by atoms with Gasteiger partial charge in [-0.25, -0.2) is 0 Å². The van der Waals surface area contributed by atoms with E-state index in [2.05, 4.69) is 47.4 Å². The molecule has 0 aliphatic heterocycles. The summed E-state index contributed by atoms with van der Waals surface area (Å²) in [6.07, 6.45) is 8.15. The highest BCUT2D eigenvalue weighted by atomic mass is 15.3. The topological polar surface area (TPSA) is 42.7 Å². The largest absolute Gasteiger partial charge is 0.314 e. The fourth-order valence-corrected chi connectivity index (χ4v) is 2.62. The summed E-state index contributed by atoms with van der Waals surface area (Å²) in [5.74, 6) is 0. The lowest BCUT2D eigenvalue weighted by molar-refractivity contribution is 0.465. The van der Waals surface area contributed by atoms with Crippen molar-refractivity contribution in [2.75, 3.05) is 6.54 Å². The van der Waals surface area contributed by atoms with Gasteiger partial charge in [0.15, 0.2) is 0 Å². The van der Waals surface area contributed by atoms with Crippen molar-refractivity contribution in [2.24, 2.45) is 7.05 Å². The van der Waals surface area contributed by atoms with Crippen LogP contribution in [-0.2, 0) is 19.9 Å². The van der Waals surface area contributed by atoms with Crippen LogP contribution in [0.3, 0.4) is 0 Å². The molecule has 0 spiro atoms. The molecule has 0 radical (unpaired) electrons. The molecule has 1 atom stereocenters. The Morgan fingerprint density at radius 2 is 2.05 bits per heavy atom. The van der Waals surface area contributed by atoms with Gasteiger partial charge in [-0.05, 0) is 56.5 Å². The van der Waals surface area contributed by atoms with Crippen molar-refractivity contribution in [3.63, 3.8) is 0 Å². The summed E-state index contributed by atoms with van der Waals surface area (Å²) in [7, 11) is 2.03. The monoisotopic (exact) mass is 286 g/mol. The molecule has 0 amide bonds. The third-order valence-electron chi connectivity index (χ3n) is 3.77. The van der Waals surface area contributed by atoms with E-state index in [1.807, 2.05) is 24.1 Å². The van der Waals surface area contributed by atoms with Crippen LogP contribution in [0.15, 0.2) is 30.6 Å². The van der Waals surface area contributed by atoms with E-state index in [0.29, 0.717) is 6.04 Å². The standard InChI is InChI=1S/C17H26N4/c1-4-9-19-16(6-5-15-7-10-18-11-8-15)13-17-12-14(2)20-21(17)3/h7-8,10-12,16,19H,4-6,9,13H2,1-3H3. The lowest BCUT2D eigenvalue weighted by Crippen LogP contribution is -2.33.